The molecule has 0 amide bonds. The Hall–Kier alpha value is -4.31. The SMILES string of the molecule is [C-]#[N+]C1=C[C@@]2(C)c3nc(-c4ncnc5ccccc45)nc(-c4cccc(F)c4)c3CC[C@@H]2[C@@H](C)C1=O. The van der Waals surface area contributed by atoms with E-state index in [9.17, 15) is 9.18 Å². The van der Waals surface area contributed by atoms with Gasteiger partial charge in [-0.05, 0) is 37.0 Å². The Balaban J connectivity index is 1.69. The van der Waals surface area contributed by atoms with Gasteiger partial charge >= 0.3 is 0 Å². The zero-order valence-corrected chi connectivity index (χ0v) is 19.9. The standard InChI is InChI=1S/C29H22FN5O/c1-16-21-12-11-20-24(17-7-6-8-18(30)13-17)34-28(25-19-9-4-5-10-22(19)32-15-33-25)35-27(20)29(21,2)14-23(31-3)26(16)36/h4-10,13-16,21H,11-12H2,1-2H3/t16-,21-,29-/m1/s1. The highest BCUT2D eigenvalue weighted by Gasteiger charge is 2.49. The highest BCUT2D eigenvalue weighted by molar-refractivity contribution is 6.00. The third-order valence-corrected chi connectivity index (χ3v) is 7.67. The Morgan fingerprint density at radius 3 is 2.72 bits per heavy atom. The summed E-state index contributed by atoms with van der Waals surface area (Å²) in [5, 5.41) is 0.812. The number of halogens is 1. The molecule has 3 atom stereocenters. The fraction of sp³-hybridized carbons (Fsp3) is 0.241. The van der Waals surface area contributed by atoms with E-state index in [0.29, 0.717) is 29.2 Å². The summed E-state index contributed by atoms with van der Waals surface area (Å²) in [4.78, 5) is 35.3. The third-order valence-electron chi connectivity index (χ3n) is 7.67. The molecule has 0 N–H and O–H groups in total. The van der Waals surface area contributed by atoms with Crippen LogP contribution in [0.3, 0.4) is 0 Å². The molecule has 0 radical (unpaired) electrons. The first-order valence-electron chi connectivity index (χ1n) is 11.9. The van der Waals surface area contributed by atoms with Crippen LogP contribution in [0.15, 0.2) is 66.6 Å². The molecule has 0 fully saturated rings. The second kappa shape index (κ2) is 8.13. The number of ketones is 1. The maximum atomic E-state index is 14.3. The normalized spacial score (nSPS) is 22.9. The Bertz CT molecular complexity index is 1630. The minimum Gasteiger partial charge on any atom is -0.308 e. The number of carbonyl (C=O) groups excluding carboxylic acids is 1. The van der Waals surface area contributed by atoms with Crippen LogP contribution in [0.25, 0.3) is 38.5 Å². The van der Waals surface area contributed by atoms with E-state index in [-0.39, 0.29) is 29.1 Å². The van der Waals surface area contributed by atoms with E-state index in [0.717, 1.165) is 28.6 Å². The molecule has 2 aromatic heterocycles. The van der Waals surface area contributed by atoms with Crippen molar-refractivity contribution in [2.45, 2.75) is 32.1 Å². The number of para-hydroxylation sites is 1. The molecule has 7 heteroatoms. The Morgan fingerprint density at radius 1 is 1.08 bits per heavy atom. The van der Waals surface area contributed by atoms with Gasteiger partial charge in [-0.15, -0.1) is 0 Å². The summed E-state index contributed by atoms with van der Waals surface area (Å²) in [5.41, 5.74) is 3.85. The molecule has 2 heterocycles. The second-order valence-corrected chi connectivity index (χ2v) is 9.69. The number of nitrogens with zero attached hydrogens (tertiary/aromatic N) is 5. The maximum Gasteiger partial charge on any atom is 0.226 e. The summed E-state index contributed by atoms with van der Waals surface area (Å²) in [6.07, 6.45) is 4.69. The first-order valence-corrected chi connectivity index (χ1v) is 11.9. The van der Waals surface area contributed by atoms with Crippen LogP contribution < -0.4 is 0 Å². The predicted octanol–water partition coefficient (Wildman–Crippen LogP) is 5.73. The van der Waals surface area contributed by atoms with Gasteiger partial charge in [0.25, 0.3) is 0 Å². The van der Waals surface area contributed by atoms with Crippen molar-refractivity contribution in [3.05, 3.63) is 95.1 Å². The molecule has 0 unspecified atom stereocenters. The van der Waals surface area contributed by atoms with Crippen LogP contribution in [-0.4, -0.2) is 25.7 Å². The maximum absolute atomic E-state index is 14.3. The Labute approximate surface area is 207 Å². The smallest absolute Gasteiger partial charge is 0.226 e. The second-order valence-electron chi connectivity index (χ2n) is 9.69. The summed E-state index contributed by atoms with van der Waals surface area (Å²) in [7, 11) is 0. The lowest BCUT2D eigenvalue weighted by Gasteiger charge is -2.46. The van der Waals surface area contributed by atoms with Crippen molar-refractivity contribution in [2.75, 3.05) is 0 Å². The van der Waals surface area contributed by atoms with Gasteiger partial charge in [-0.1, -0.05) is 50.3 Å². The molecule has 36 heavy (non-hydrogen) atoms. The molecule has 0 bridgehead atoms. The van der Waals surface area contributed by atoms with Crippen LogP contribution >= 0.6 is 0 Å². The van der Waals surface area contributed by atoms with E-state index in [4.69, 9.17) is 16.5 Å². The van der Waals surface area contributed by atoms with Gasteiger partial charge in [0.05, 0.1) is 23.5 Å². The molecule has 0 spiro atoms. The number of allylic oxidation sites excluding steroid dienone is 2. The van der Waals surface area contributed by atoms with Gasteiger partial charge < -0.3 is 4.79 Å². The van der Waals surface area contributed by atoms with Crippen LogP contribution in [0.4, 0.5) is 4.39 Å². The molecule has 0 saturated heterocycles. The first kappa shape index (κ1) is 22.2. The number of benzene rings is 2. The van der Waals surface area contributed by atoms with E-state index < -0.39 is 5.41 Å². The highest BCUT2D eigenvalue weighted by atomic mass is 19.1. The summed E-state index contributed by atoms with van der Waals surface area (Å²) >= 11 is 0. The molecule has 0 saturated carbocycles. The van der Waals surface area contributed by atoms with Crippen molar-refractivity contribution in [3.63, 3.8) is 0 Å². The topological polar surface area (TPSA) is 73.0 Å². The number of aromatic nitrogens is 4. The van der Waals surface area contributed by atoms with E-state index in [1.54, 1.807) is 12.1 Å². The predicted molar refractivity (Wildman–Crippen MR) is 134 cm³/mol. The average Bonchev–Trinajstić information content (AvgIpc) is 2.90. The van der Waals surface area contributed by atoms with Crippen molar-refractivity contribution < 1.29 is 9.18 Å². The van der Waals surface area contributed by atoms with Crippen molar-refractivity contribution in [2.24, 2.45) is 11.8 Å². The molecule has 0 aliphatic heterocycles. The summed E-state index contributed by atoms with van der Waals surface area (Å²) < 4.78 is 14.3. The molecule has 176 valence electrons. The lowest BCUT2D eigenvalue weighted by molar-refractivity contribution is -0.121. The molecule has 6 nitrogen and oxygen atoms in total. The summed E-state index contributed by atoms with van der Waals surface area (Å²) in [6, 6.07) is 14.1. The first-order chi connectivity index (χ1) is 17.4. The molecular formula is C29H22FN5O. The number of hydrogen-bond donors (Lipinski definition) is 0. The van der Waals surface area contributed by atoms with Crippen molar-refractivity contribution >= 4 is 16.7 Å². The number of fused-ring (bicyclic) bond motifs is 4. The van der Waals surface area contributed by atoms with Gasteiger partial charge in [-0.3, -0.25) is 0 Å². The van der Waals surface area contributed by atoms with Gasteiger partial charge in [0.15, 0.2) is 11.6 Å². The van der Waals surface area contributed by atoms with Gasteiger partial charge in [-0.2, -0.15) is 0 Å². The number of rotatable bonds is 2. The van der Waals surface area contributed by atoms with Gasteiger partial charge in [-0.25, -0.2) is 29.2 Å². The molecule has 2 aliphatic rings. The van der Waals surface area contributed by atoms with Crippen LogP contribution in [0.2, 0.25) is 0 Å². The van der Waals surface area contributed by atoms with E-state index >= 15 is 0 Å². The molecule has 4 aromatic rings. The third kappa shape index (κ3) is 3.25. The fourth-order valence-corrected chi connectivity index (χ4v) is 5.91. The zero-order chi connectivity index (χ0) is 25.0. The average molecular weight is 476 g/mol. The molecule has 2 aliphatic carbocycles. The van der Waals surface area contributed by atoms with Gasteiger partial charge in [0.2, 0.25) is 5.70 Å². The van der Waals surface area contributed by atoms with Crippen molar-refractivity contribution in [3.8, 4) is 22.8 Å². The van der Waals surface area contributed by atoms with Gasteiger partial charge in [0, 0.05) is 27.8 Å². The van der Waals surface area contributed by atoms with Crippen molar-refractivity contribution in [1.29, 1.82) is 0 Å². The number of hydrogen-bond acceptors (Lipinski definition) is 5. The van der Waals surface area contributed by atoms with Crippen LogP contribution in [0.1, 0.15) is 31.5 Å². The van der Waals surface area contributed by atoms with Gasteiger partial charge in [0.1, 0.15) is 17.8 Å². The number of carbonyl (C=O) groups is 1. The number of Topliss-reactive ketones (excluding diaryl/α,β-unsaturated/α-hetero) is 1. The van der Waals surface area contributed by atoms with Crippen LogP contribution in [-0.2, 0) is 16.6 Å². The fourth-order valence-electron chi connectivity index (χ4n) is 5.91. The lowest BCUT2D eigenvalue weighted by atomic mass is 9.58. The summed E-state index contributed by atoms with van der Waals surface area (Å²) in [6.45, 7) is 11.6. The Kier molecular flexibility index (Phi) is 5.01. The lowest BCUT2D eigenvalue weighted by Crippen LogP contribution is -2.46. The minimum atomic E-state index is -0.649. The van der Waals surface area contributed by atoms with Crippen LogP contribution in [0, 0.1) is 24.2 Å². The minimum absolute atomic E-state index is 0.00625. The van der Waals surface area contributed by atoms with Crippen molar-refractivity contribution in [1.82, 2.24) is 19.9 Å². The Morgan fingerprint density at radius 2 is 1.92 bits per heavy atom. The molecule has 2 aromatic carbocycles. The monoisotopic (exact) mass is 475 g/mol. The van der Waals surface area contributed by atoms with E-state index in [2.05, 4.69) is 14.8 Å². The largest absolute Gasteiger partial charge is 0.308 e. The van der Waals surface area contributed by atoms with E-state index in [1.165, 1.54) is 18.5 Å². The zero-order valence-electron chi connectivity index (χ0n) is 19.9. The van der Waals surface area contributed by atoms with E-state index in [1.807, 2.05) is 44.2 Å². The highest BCUT2D eigenvalue weighted by Crippen LogP contribution is 2.51. The quantitative estimate of drug-likeness (QED) is 0.346. The van der Waals surface area contributed by atoms with Crippen LogP contribution in [0.5, 0.6) is 0 Å². The summed E-state index contributed by atoms with van der Waals surface area (Å²) in [5.74, 6) is -0.351. The molecular weight excluding hydrogens is 453 g/mol. The molecule has 6 rings (SSSR count).